The van der Waals surface area contributed by atoms with E-state index < -0.39 is 94.3 Å². The van der Waals surface area contributed by atoms with Gasteiger partial charge in [0, 0.05) is 30.8 Å². The van der Waals surface area contributed by atoms with Gasteiger partial charge in [-0.25, -0.2) is 13.8 Å². The molecule has 2 heterocycles. The molecule has 1 aliphatic rings. The van der Waals surface area contributed by atoms with Crippen molar-refractivity contribution in [1.29, 1.82) is 0 Å². The number of halogens is 8. The zero-order valence-corrected chi connectivity index (χ0v) is 23.4. The maximum Gasteiger partial charge on any atom is 0.417 e. The van der Waals surface area contributed by atoms with E-state index in [1.54, 1.807) is 5.32 Å². The highest BCUT2D eigenvalue weighted by molar-refractivity contribution is 7.81. The monoisotopic (exact) mass is 619 g/mol. The standard InChI is InChI=1S/C24H29F8N5O3S/c1-11-7-22(25,26)10-37(11)20(39)17(35-12(2)19(38)34-9-21(4,5)40)18(41)14-8-33-16(6-15(14)24(30,31)32)36-13(3)23(27,28)29/h6,8,11,13,17,40H,7,9-10H2,1-5H3,(H,33,36)(H,34,38)/t11-,13-,17?/m0/s1. The van der Waals surface area contributed by atoms with E-state index in [4.69, 9.17) is 12.2 Å². The van der Waals surface area contributed by atoms with E-state index in [0.29, 0.717) is 18.0 Å². The predicted molar refractivity (Wildman–Crippen MR) is 137 cm³/mol. The van der Waals surface area contributed by atoms with Crippen LogP contribution >= 0.6 is 12.2 Å². The SMILES string of the molecule is CC(=NC(C(=O)N1CC(F)(F)C[C@@H]1C)C(=S)c1cnc(N[C@@H](C)C(F)(F)F)cc1C(F)(F)F)C(=O)NCC(C)(C)O. The zero-order chi connectivity index (χ0) is 31.7. The molecule has 1 aliphatic heterocycles. The molecule has 0 aromatic carbocycles. The fraction of sp³-hybridized carbons (Fsp3) is 0.625. The van der Waals surface area contributed by atoms with Crippen molar-refractivity contribution in [2.75, 3.05) is 18.4 Å². The predicted octanol–water partition coefficient (Wildman–Crippen LogP) is 4.15. The van der Waals surface area contributed by atoms with E-state index in [2.05, 4.69) is 15.3 Å². The lowest BCUT2D eigenvalue weighted by Crippen LogP contribution is -2.46. The number of aliphatic hydroxyl groups is 1. The van der Waals surface area contributed by atoms with Crippen LogP contribution < -0.4 is 10.6 Å². The number of pyridine rings is 1. The third-order valence-corrected chi connectivity index (χ3v) is 6.40. The van der Waals surface area contributed by atoms with Crippen LogP contribution in [-0.4, -0.2) is 86.3 Å². The molecule has 0 bridgehead atoms. The van der Waals surface area contributed by atoms with Gasteiger partial charge in [-0.05, 0) is 40.7 Å². The Labute approximate surface area is 235 Å². The Bertz CT molecular complexity index is 1200. The fourth-order valence-corrected chi connectivity index (χ4v) is 4.10. The number of alkyl halides is 8. The number of aliphatic imine (C=N–C) groups is 1. The Balaban J connectivity index is 2.59. The maximum absolute atomic E-state index is 14.1. The normalized spacial score (nSPS) is 19.5. The molecule has 1 unspecified atom stereocenters. The summed E-state index contributed by atoms with van der Waals surface area (Å²) < 4.78 is 109. The second-order valence-electron chi connectivity index (χ2n) is 10.4. The van der Waals surface area contributed by atoms with Crippen molar-refractivity contribution < 1.29 is 49.8 Å². The largest absolute Gasteiger partial charge is 0.417 e. The molecule has 0 aliphatic carbocycles. The third-order valence-electron chi connectivity index (χ3n) is 5.96. The molecular weight excluding hydrogens is 590 g/mol. The average molecular weight is 620 g/mol. The third kappa shape index (κ3) is 9.28. The number of carbonyl (C=O) groups is 2. The number of nitrogens with one attached hydrogen (secondary N) is 2. The molecule has 1 aromatic rings. The minimum atomic E-state index is -5.20. The minimum absolute atomic E-state index is 0.269. The van der Waals surface area contributed by atoms with E-state index in [1.165, 1.54) is 20.8 Å². The summed E-state index contributed by atoms with van der Waals surface area (Å²) in [6.45, 7) is 4.44. The van der Waals surface area contributed by atoms with Gasteiger partial charge in [0.1, 0.15) is 11.9 Å². The van der Waals surface area contributed by atoms with Crippen LogP contribution in [0.3, 0.4) is 0 Å². The molecule has 0 radical (unpaired) electrons. The Morgan fingerprint density at radius 3 is 2.29 bits per heavy atom. The van der Waals surface area contributed by atoms with Crippen LogP contribution in [0.4, 0.5) is 40.9 Å². The molecule has 2 amide bonds. The number of likely N-dealkylation sites (tertiary alicyclic amines) is 1. The molecule has 8 nitrogen and oxygen atoms in total. The minimum Gasteiger partial charge on any atom is -0.389 e. The number of rotatable bonds is 9. The number of nitrogens with zero attached hydrogens (tertiary/aromatic N) is 3. The number of hydrogen-bond acceptors (Lipinski definition) is 7. The summed E-state index contributed by atoms with van der Waals surface area (Å²) in [5.41, 5.74) is -4.30. The highest BCUT2D eigenvalue weighted by Crippen LogP contribution is 2.36. The lowest BCUT2D eigenvalue weighted by atomic mass is 10.00. The molecule has 1 saturated heterocycles. The summed E-state index contributed by atoms with van der Waals surface area (Å²) in [6.07, 6.45) is -10.2. The fourth-order valence-electron chi connectivity index (χ4n) is 3.78. The molecule has 17 heteroatoms. The van der Waals surface area contributed by atoms with E-state index in [0.717, 1.165) is 6.92 Å². The number of carbonyl (C=O) groups excluding carboxylic acids is 2. The highest BCUT2D eigenvalue weighted by atomic mass is 32.1. The lowest BCUT2D eigenvalue weighted by molar-refractivity contribution is -0.138. The number of amides is 2. The molecule has 3 atom stereocenters. The van der Waals surface area contributed by atoms with Gasteiger partial charge in [-0.3, -0.25) is 14.6 Å². The summed E-state index contributed by atoms with van der Waals surface area (Å²) in [5.74, 6) is -6.24. The van der Waals surface area contributed by atoms with Crippen LogP contribution in [0.15, 0.2) is 17.3 Å². The van der Waals surface area contributed by atoms with Crippen LogP contribution in [0.2, 0.25) is 0 Å². The highest BCUT2D eigenvalue weighted by Gasteiger charge is 2.48. The first-order chi connectivity index (χ1) is 18.4. The van der Waals surface area contributed by atoms with Gasteiger partial charge in [-0.1, -0.05) is 12.2 Å². The number of thiocarbonyl (C=S) groups is 1. The molecule has 1 aromatic heterocycles. The van der Waals surface area contributed by atoms with Crippen molar-refractivity contribution >= 4 is 40.4 Å². The van der Waals surface area contributed by atoms with E-state index in [-0.39, 0.29) is 12.6 Å². The molecule has 41 heavy (non-hydrogen) atoms. The van der Waals surface area contributed by atoms with Gasteiger partial charge >= 0.3 is 12.4 Å². The van der Waals surface area contributed by atoms with Gasteiger partial charge in [0.25, 0.3) is 17.7 Å². The Hall–Kier alpha value is -2.95. The van der Waals surface area contributed by atoms with Crippen molar-refractivity contribution in [1.82, 2.24) is 15.2 Å². The van der Waals surface area contributed by atoms with Crippen molar-refractivity contribution in [3.05, 3.63) is 23.4 Å². The number of hydrogen-bond donors (Lipinski definition) is 3. The van der Waals surface area contributed by atoms with Gasteiger partial charge in [0.2, 0.25) is 0 Å². The van der Waals surface area contributed by atoms with Gasteiger partial charge in [0.05, 0.1) is 28.3 Å². The average Bonchev–Trinajstić information content (AvgIpc) is 3.10. The molecular formula is C24H29F8N5O3S. The van der Waals surface area contributed by atoms with Crippen LogP contribution in [0.25, 0.3) is 0 Å². The molecule has 230 valence electrons. The molecule has 0 spiro atoms. The van der Waals surface area contributed by atoms with E-state index >= 15 is 0 Å². The topological polar surface area (TPSA) is 107 Å². The van der Waals surface area contributed by atoms with Gasteiger partial charge < -0.3 is 20.6 Å². The summed E-state index contributed by atoms with van der Waals surface area (Å²) in [6, 6.07) is -5.14. The van der Waals surface area contributed by atoms with Crippen molar-refractivity contribution in [3.63, 3.8) is 0 Å². The smallest absolute Gasteiger partial charge is 0.389 e. The first-order valence-corrected chi connectivity index (χ1v) is 12.5. The van der Waals surface area contributed by atoms with E-state index in [9.17, 15) is 49.8 Å². The Morgan fingerprint density at radius 2 is 1.83 bits per heavy atom. The van der Waals surface area contributed by atoms with Crippen molar-refractivity contribution in [2.24, 2.45) is 4.99 Å². The zero-order valence-electron chi connectivity index (χ0n) is 22.5. The van der Waals surface area contributed by atoms with Gasteiger partial charge in [-0.2, -0.15) is 26.3 Å². The molecule has 3 N–H and O–H groups in total. The number of anilines is 1. The summed E-state index contributed by atoms with van der Waals surface area (Å²) in [4.78, 5) is 33.2. The van der Waals surface area contributed by atoms with Crippen LogP contribution in [0, 0.1) is 0 Å². The summed E-state index contributed by atoms with van der Waals surface area (Å²) >= 11 is 5.17. The van der Waals surface area contributed by atoms with Gasteiger partial charge in [-0.15, -0.1) is 0 Å². The molecule has 1 fully saturated rings. The maximum atomic E-state index is 14.1. The summed E-state index contributed by atoms with van der Waals surface area (Å²) in [5, 5.41) is 13.9. The summed E-state index contributed by atoms with van der Waals surface area (Å²) in [7, 11) is 0. The molecule has 2 rings (SSSR count). The van der Waals surface area contributed by atoms with Gasteiger partial charge in [0.15, 0.2) is 6.04 Å². The lowest BCUT2D eigenvalue weighted by Gasteiger charge is -2.26. The Kier molecular flexibility index (Phi) is 10.1. The van der Waals surface area contributed by atoms with E-state index in [1.807, 2.05) is 0 Å². The van der Waals surface area contributed by atoms with Crippen molar-refractivity contribution in [3.8, 4) is 0 Å². The first kappa shape index (κ1) is 34.3. The second-order valence-corrected chi connectivity index (χ2v) is 10.8. The van der Waals surface area contributed by atoms with Crippen LogP contribution in [-0.2, 0) is 15.8 Å². The van der Waals surface area contributed by atoms with Crippen LogP contribution in [0.5, 0.6) is 0 Å². The number of aromatic nitrogens is 1. The first-order valence-electron chi connectivity index (χ1n) is 12.1. The second kappa shape index (κ2) is 12.1. The van der Waals surface area contributed by atoms with Crippen molar-refractivity contribution in [2.45, 2.75) is 83.0 Å². The van der Waals surface area contributed by atoms with Crippen LogP contribution in [0.1, 0.15) is 52.2 Å². The molecule has 0 saturated carbocycles. The Morgan fingerprint density at radius 1 is 1.24 bits per heavy atom. The quantitative estimate of drug-likeness (QED) is 0.166.